The topological polar surface area (TPSA) is 55.1 Å². The first-order valence-electron chi connectivity index (χ1n) is 6.82. The first-order valence-corrected chi connectivity index (χ1v) is 6.82. The van der Waals surface area contributed by atoms with Crippen LogP contribution < -0.4 is 11.1 Å². The van der Waals surface area contributed by atoms with Crippen LogP contribution >= 0.6 is 0 Å². The van der Waals surface area contributed by atoms with Gasteiger partial charge in [0.05, 0.1) is 5.92 Å². The van der Waals surface area contributed by atoms with E-state index in [0.717, 1.165) is 25.7 Å². The van der Waals surface area contributed by atoms with Gasteiger partial charge in [-0.05, 0) is 30.4 Å². The number of nitrogens with one attached hydrogen (secondary N) is 1. The number of benzene rings is 1. The van der Waals surface area contributed by atoms with Gasteiger partial charge in [-0.25, -0.2) is 0 Å². The highest BCUT2D eigenvalue weighted by molar-refractivity contribution is 5.79. The lowest BCUT2D eigenvalue weighted by Gasteiger charge is -2.16. The van der Waals surface area contributed by atoms with E-state index < -0.39 is 0 Å². The Morgan fingerprint density at radius 1 is 1.33 bits per heavy atom. The van der Waals surface area contributed by atoms with Crippen molar-refractivity contribution in [2.75, 3.05) is 0 Å². The van der Waals surface area contributed by atoms with E-state index in [0.29, 0.717) is 6.54 Å². The van der Waals surface area contributed by atoms with Gasteiger partial charge >= 0.3 is 0 Å². The molecule has 1 aliphatic carbocycles. The molecule has 98 valence electrons. The Balaban J connectivity index is 1.93. The molecule has 0 heterocycles. The summed E-state index contributed by atoms with van der Waals surface area (Å²) in [5, 5.41) is 3.03. The highest BCUT2D eigenvalue weighted by atomic mass is 16.1. The molecule has 0 radical (unpaired) electrons. The number of aryl methyl sites for hydroxylation is 1. The molecule has 0 saturated heterocycles. The van der Waals surface area contributed by atoms with Crippen molar-refractivity contribution in [2.45, 2.75) is 45.2 Å². The van der Waals surface area contributed by atoms with Crippen molar-refractivity contribution in [3.05, 3.63) is 35.4 Å². The van der Waals surface area contributed by atoms with Crippen molar-refractivity contribution < 1.29 is 4.79 Å². The number of nitrogens with two attached hydrogens (primary N) is 1. The summed E-state index contributed by atoms with van der Waals surface area (Å²) >= 11 is 0. The van der Waals surface area contributed by atoms with E-state index in [1.165, 1.54) is 11.1 Å². The van der Waals surface area contributed by atoms with Crippen LogP contribution in [0, 0.1) is 5.92 Å². The highest BCUT2D eigenvalue weighted by Gasteiger charge is 2.29. The Kier molecular flexibility index (Phi) is 4.37. The van der Waals surface area contributed by atoms with Crippen molar-refractivity contribution in [1.82, 2.24) is 5.32 Å². The molecular formula is C15H22N2O. The SMILES string of the molecule is CCc1ccccc1CNC(=O)C1CCCC1N. The monoisotopic (exact) mass is 246 g/mol. The Morgan fingerprint density at radius 2 is 2.06 bits per heavy atom. The molecular weight excluding hydrogens is 224 g/mol. The Bertz CT molecular complexity index is 417. The van der Waals surface area contributed by atoms with Gasteiger partial charge in [-0.15, -0.1) is 0 Å². The second kappa shape index (κ2) is 6.01. The molecule has 0 spiro atoms. The van der Waals surface area contributed by atoms with Crippen molar-refractivity contribution in [2.24, 2.45) is 11.7 Å². The molecule has 0 bridgehead atoms. The van der Waals surface area contributed by atoms with Gasteiger partial charge in [-0.3, -0.25) is 4.79 Å². The summed E-state index contributed by atoms with van der Waals surface area (Å²) < 4.78 is 0. The van der Waals surface area contributed by atoms with Crippen LogP contribution in [-0.4, -0.2) is 11.9 Å². The van der Waals surface area contributed by atoms with Crippen LogP contribution in [-0.2, 0) is 17.8 Å². The zero-order chi connectivity index (χ0) is 13.0. The van der Waals surface area contributed by atoms with E-state index in [1.54, 1.807) is 0 Å². The minimum atomic E-state index is 0.0128. The van der Waals surface area contributed by atoms with Crippen molar-refractivity contribution in [3.8, 4) is 0 Å². The predicted molar refractivity (Wildman–Crippen MR) is 73.0 cm³/mol. The van der Waals surface area contributed by atoms with Gasteiger partial charge in [0.25, 0.3) is 0 Å². The van der Waals surface area contributed by atoms with Gasteiger partial charge in [0, 0.05) is 12.6 Å². The fourth-order valence-electron chi connectivity index (χ4n) is 2.70. The molecule has 2 unspecified atom stereocenters. The second-order valence-corrected chi connectivity index (χ2v) is 5.04. The number of hydrogen-bond acceptors (Lipinski definition) is 2. The summed E-state index contributed by atoms with van der Waals surface area (Å²) in [6, 6.07) is 8.29. The quantitative estimate of drug-likeness (QED) is 0.853. The summed E-state index contributed by atoms with van der Waals surface area (Å²) in [6.45, 7) is 2.75. The third-order valence-electron chi connectivity index (χ3n) is 3.86. The summed E-state index contributed by atoms with van der Waals surface area (Å²) in [7, 11) is 0. The summed E-state index contributed by atoms with van der Waals surface area (Å²) in [6.07, 6.45) is 3.98. The van der Waals surface area contributed by atoms with Crippen LogP contribution in [0.25, 0.3) is 0 Å². The minimum absolute atomic E-state index is 0.0128. The first-order chi connectivity index (χ1) is 8.72. The molecule has 3 heteroatoms. The minimum Gasteiger partial charge on any atom is -0.352 e. The van der Waals surface area contributed by atoms with E-state index in [2.05, 4.69) is 24.4 Å². The maximum absolute atomic E-state index is 12.0. The first kappa shape index (κ1) is 13.1. The summed E-state index contributed by atoms with van der Waals surface area (Å²) in [4.78, 5) is 12.0. The zero-order valence-electron chi connectivity index (χ0n) is 11.0. The maximum Gasteiger partial charge on any atom is 0.224 e. The van der Waals surface area contributed by atoms with Gasteiger partial charge in [0.1, 0.15) is 0 Å². The van der Waals surface area contributed by atoms with E-state index in [4.69, 9.17) is 5.73 Å². The number of carbonyl (C=O) groups excluding carboxylic acids is 1. The number of amides is 1. The van der Waals surface area contributed by atoms with Gasteiger partial charge in [0.15, 0.2) is 0 Å². The van der Waals surface area contributed by atoms with Gasteiger partial charge in [-0.1, -0.05) is 37.6 Å². The Hall–Kier alpha value is -1.35. The molecule has 1 aliphatic rings. The third-order valence-corrected chi connectivity index (χ3v) is 3.86. The summed E-state index contributed by atoms with van der Waals surface area (Å²) in [5.41, 5.74) is 8.45. The fourth-order valence-corrected chi connectivity index (χ4v) is 2.70. The van der Waals surface area contributed by atoms with Crippen LogP contribution in [0.3, 0.4) is 0 Å². The smallest absolute Gasteiger partial charge is 0.224 e. The Labute approximate surface area is 109 Å². The van der Waals surface area contributed by atoms with E-state index in [1.807, 2.05) is 12.1 Å². The molecule has 3 nitrogen and oxygen atoms in total. The lowest BCUT2D eigenvalue weighted by molar-refractivity contribution is -0.125. The van der Waals surface area contributed by atoms with E-state index in [9.17, 15) is 4.79 Å². The van der Waals surface area contributed by atoms with E-state index in [-0.39, 0.29) is 17.9 Å². The van der Waals surface area contributed by atoms with Crippen molar-refractivity contribution in [1.29, 1.82) is 0 Å². The fraction of sp³-hybridized carbons (Fsp3) is 0.533. The number of rotatable bonds is 4. The van der Waals surface area contributed by atoms with Crippen LogP contribution in [0.4, 0.5) is 0 Å². The van der Waals surface area contributed by atoms with Crippen LogP contribution in [0.2, 0.25) is 0 Å². The van der Waals surface area contributed by atoms with Crippen LogP contribution in [0.5, 0.6) is 0 Å². The normalized spacial score (nSPS) is 23.0. The summed E-state index contributed by atoms with van der Waals surface area (Å²) in [5.74, 6) is 0.129. The van der Waals surface area contributed by atoms with Crippen molar-refractivity contribution in [3.63, 3.8) is 0 Å². The molecule has 3 N–H and O–H groups in total. The molecule has 1 fully saturated rings. The average molecular weight is 246 g/mol. The Morgan fingerprint density at radius 3 is 2.67 bits per heavy atom. The van der Waals surface area contributed by atoms with E-state index >= 15 is 0 Å². The predicted octanol–water partition coefficient (Wildman–Crippen LogP) is 1.99. The standard InChI is InChI=1S/C15H22N2O/c1-2-11-6-3-4-7-12(11)10-17-15(18)13-8-5-9-14(13)16/h3-4,6-7,13-14H,2,5,8-10,16H2,1H3,(H,17,18). The highest BCUT2D eigenvalue weighted by Crippen LogP contribution is 2.24. The molecule has 0 aromatic heterocycles. The third kappa shape index (κ3) is 2.91. The number of hydrogen-bond donors (Lipinski definition) is 2. The lowest BCUT2D eigenvalue weighted by atomic mass is 10.0. The lowest BCUT2D eigenvalue weighted by Crippen LogP contribution is -2.38. The zero-order valence-corrected chi connectivity index (χ0v) is 11.0. The molecule has 1 aromatic rings. The van der Waals surface area contributed by atoms with Crippen LogP contribution in [0.15, 0.2) is 24.3 Å². The largest absolute Gasteiger partial charge is 0.352 e. The van der Waals surface area contributed by atoms with Gasteiger partial charge in [0.2, 0.25) is 5.91 Å². The average Bonchev–Trinajstić information content (AvgIpc) is 2.82. The van der Waals surface area contributed by atoms with Crippen LogP contribution in [0.1, 0.15) is 37.3 Å². The molecule has 2 atom stereocenters. The van der Waals surface area contributed by atoms with Gasteiger partial charge in [-0.2, -0.15) is 0 Å². The molecule has 1 saturated carbocycles. The second-order valence-electron chi connectivity index (χ2n) is 5.04. The molecule has 2 rings (SSSR count). The number of carbonyl (C=O) groups is 1. The molecule has 1 aromatic carbocycles. The maximum atomic E-state index is 12.0. The van der Waals surface area contributed by atoms with Crippen molar-refractivity contribution >= 4 is 5.91 Å². The molecule has 0 aliphatic heterocycles. The molecule has 1 amide bonds. The molecule has 18 heavy (non-hydrogen) atoms. The van der Waals surface area contributed by atoms with Gasteiger partial charge < -0.3 is 11.1 Å².